The van der Waals surface area contributed by atoms with Gasteiger partial charge < -0.3 is 9.64 Å². The van der Waals surface area contributed by atoms with Crippen LogP contribution in [0.5, 0.6) is 0 Å². The maximum atomic E-state index is 12.4. The molecule has 13 heteroatoms. The molecule has 1 saturated heterocycles. The van der Waals surface area contributed by atoms with Crippen molar-refractivity contribution >= 4 is 27.5 Å². The van der Waals surface area contributed by atoms with E-state index in [-0.39, 0.29) is 19.1 Å². The first kappa shape index (κ1) is 19.5. The molecule has 1 aromatic carbocycles. The number of amides is 1. The topological polar surface area (TPSA) is 162 Å². The molecule has 0 saturated carbocycles. The van der Waals surface area contributed by atoms with Crippen LogP contribution in [0.2, 0.25) is 0 Å². The van der Waals surface area contributed by atoms with Crippen molar-refractivity contribution in [1.82, 2.24) is 9.62 Å². The number of hydrogen-bond acceptors (Lipinski definition) is 8. The highest BCUT2D eigenvalue weighted by molar-refractivity contribution is 7.89. The van der Waals surface area contributed by atoms with E-state index in [1.54, 1.807) is 13.8 Å². The average Bonchev–Trinajstić information content (AvgIpc) is 2.93. The average molecular weight is 388 g/mol. The zero-order chi connectivity index (χ0) is 19.6. The van der Waals surface area contributed by atoms with Gasteiger partial charge in [0.2, 0.25) is 10.0 Å². The Morgan fingerprint density at radius 1 is 1.31 bits per heavy atom. The van der Waals surface area contributed by atoms with Gasteiger partial charge in [-0.2, -0.15) is 0 Å². The second-order valence-corrected chi connectivity index (χ2v) is 7.51. The SMILES string of the molecule is CC(C)N1C[C@@H](CNS(=O)(=O)c2ccc([N+](=O)[O-])cc2[N+](=O)[O-])OC1=O. The lowest BCUT2D eigenvalue weighted by atomic mass is 10.3. The molecule has 1 N–H and O–H groups in total. The quantitative estimate of drug-likeness (QED) is 0.534. The summed E-state index contributed by atoms with van der Waals surface area (Å²) >= 11 is 0. The van der Waals surface area contributed by atoms with E-state index in [1.165, 1.54) is 4.90 Å². The van der Waals surface area contributed by atoms with E-state index in [4.69, 9.17) is 4.74 Å². The van der Waals surface area contributed by atoms with E-state index in [9.17, 15) is 33.4 Å². The molecule has 1 aliphatic rings. The van der Waals surface area contributed by atoms with Crippen molar-refractivity contribution in [3.63, 3.8) is 0 Å². The first-order chi connectivity index (χ1) is 12.0. The summed E-state index contributed by atoms with van der Waals surface area (Å²) in [5, 5.41) is 21.8. The number of non-ortho nitro benzene ring substituents is 1. The van der Waals surface area contributed by atoms with Gasteiger partial charge in [-0.05, 0) is 19.9 Å². The number of nitrogens with one attached hydrogen (secondary N) is 1. The van der Waals surface area contributed by atoms with Crippen molar-refractivity contribution in [3.8, 4) is 0 Å². The van der Waals surface area contributed by atoms with Crippen LogP contribution in [0.3, 0.4) is 0 Å². The van der Waals surface area contributed by atoms with Crippen LogP contribution < -0.4 is 4.72 Å². The summed E-state index contributed by atoms with van der Waals surface area (Å²) in [5.74, 6) is 0. The second-order valence-electron chi connectivity index (χ2n) is 5.77. The molecule has 1 heterocycles. The van der Waals surface area contributed by atoms with E-state index >= 15 is 0 Å². The minimum atomic E-state index is -4.35. The number of benzene rings is 1. The summed E-state index contributed by atoms with van der Waals surface area (Å²) in [6.07, 6.45) is -1.33. The van der Waals surface area contributed by atoms with Gasteiger partial charge in [0.05, 0.1) is 22.5 Å². The molecule has 142 valence electrons. The van der Waals surface area contributed by atoms with Crippen molar-refractivity contribution in [2.45, 2.75) is 30.9 Å². The smallest absolute Gasteiger partial charge is 0.410 e. The number of nitro benzene ring substituents is 2. The minimum Gasteiger partial charge on any atom is -0.443 e. The van der Waals surface area contributed by atoms with Gasteiger partial charge in [-0.1, -0.05) is 0 Å². The molecule has 1 atom stereocenters. The molecule has 0 unspecified atom stereocenters. The van der Waals surface area contributed by atoms with Gasteiger partial charge in [-0.25, -0.2) is 17.9 Å². The van der Waals surface area contributed by atoms with Crippen LogP contribution in [0.15, 0.2) is 23.1 Å². The summed E-state index contributed by atoms with van der Waals surface area (Å²) in [7, 11) is -4.35. The number of sulfonamides is 1. The van der Waals surface area contributed by atoms with Gasteiger partial charge in [0.25, 0.3) is 11.4 Å². The minimum absolute atomic E-state index is 0.125. The van der Waals surface area contributed by atoms with Gasteiger partial charge in [-0.3, -0.25) is 20.2 Å². The number of rotatable bonds is 7. The zero-order valence-corrected chi connectivity index (χ0v) is 14.6. The number of carbonyl (C=O) groups excluding carboxylic acids is 1. The highest BCUT2D eigenvalue weighted by Crippen LogP contribution is 2.28. The van der Waals surface area contributed by atoms with Crippen LogP contribution in [0, 0.1) is 20.2 Å². The number of cyclic esters (lactones) is 1. The third kappa shape index (κ3) is 4.05. The van der Waals surface area contributed by atoms with Gasteiger partial charge in [0.1, 0.15) is 6.10 Å². The first-order valence-electron chi connectivity index (χ1n) is 7.42. The number of carbonyl (C=O) groups is 1. The van der Waals surface area contributed by atoms with Crippen molar-refractivity contribution < 1.29 is 27.8 Å². The Kier molecular flexibility index (Phi) is 5.41. The number of nitro groups is 2. The zero-order valence-electron chi connectivity index (χ0n) is 13.8. The van der Waals surface area contributed by atoms with Crippen molar-refractivity contribution in [3.05, 3.63) is 38.4 Å². The normalized spacial score (nSPS) is 17.4. The Morgan fingerprint density at radius 3 is 2.46 bits per heavy atom. The van der Waals surface area contributed by atoms with E-state index in [0.29, 0.717) is 6.07 Å². The third-order valence-corrected chi connectivity index (χ3v) is 5.14. The summed E-state index contributed by atoms with van der Waals surface area (Å²) in [5.41, 5.74) is -1.52. The molecular weight excluding hydrogens is 372 g/mol. The van der Waals surface area contributed by atoms with Crippen LogP contribution in [-0.2, 0) is 14.8 Å². The molecule has 12 nitrogen and oxygen atoms in total. The van der Waals surface area contributed by atoms with Crippen LogP contribution in [0.1, 0.15) is 13.8 Å². The Morgan fingerprint density at radius 2 is 1.96 bits per heavy atom. The van der Waals surface area contributed by atoms with Gasteiger partial charge in [0, 0.05) is 18.7 Å². The van der Waals surface area contributed by atoms with Gasteiger partial charge in [0.15, 0.2) is 4.90 Å². The van der Waals surface area contributed by atoms with Crippen LogP contribution >= 0.6 is 0 Å². The van der Waals surface area contributed by atoms with Crippen molar-refractivity contribution in [2.75, 3.05) is 13.1 Å². The fourth-order valence-corrected chi connectivity index (χ4v) is 3.56. The monoisotopic (exact) mass is 388 g/mol. The molecule has 0 aliphatic carbocycles. The molecule has 0 radical (unpaired) electrons. The van der Waals surface area contributed by atoms with E-state index in [2.05, 4.69) is 4.72 Å². The highest BCUT2D eigenvalue weighted by atomic mass is 32.2. The fraction of sp³-hybridized carbons (Fsp3) is 0.462. The number of nitrogens with zero attached hydrogens (tertiary/aromatic N) is 3. The van der Waals surface area contributed by atoms with E-state index in [1.807, 2.05) is 0 Å². The molecule has 1 aliphatic heterocycles. The molecule has 0 aromatic heterocycles. The molecule has 1 fully saturated rings. The maximum Gasteiger partial charge on any atom is 0.410 e. The highest BCUT2D eigenvalue weighted by Gasteiger charge is 2.35. The molecular formula is C13H16N4O8S. The predicted molar refractivity (Wildman–Crippen MR) is 87.1 cm³/mol. The Hall–Kier alpha value is -2.80. The second kappa shape index (κ2) is 7.21. The van der Waals surface area contributed by atoms with E-state index in [0.717, 1.165) is 12.1 Å². The molecule has 0 bridgehead atoms. The molecule has 1 amide bonds. The third-order valence-electron chi connectivity index (χ3n) is 3.67. The number of hydrogen-bond donors (Lipinski definition) is 1. The van der Waals surface area contributed by atoms with Gasteiger partial charge in [-0.15, -0.1) is 0 Å². The molecule has 0 spiro atoms. The first-order valence-corrected chi connectivity index (χ1v) is 8.91. The lowest BCUT2D eigenvalue weighted by molar-refractivity contribution is -0.396. The summed E-state index contributed by atoms with van der Waals surface area (Å²) < 4.78 is 31.9. The summed E-state index contributed by atoms with van der Waals surface area (Å²) in [4.78, 5) is 32.3. The van der Waals surface area contributed by atoms with Crippen LogP contribution in [0.25, 0.3) is 0 Å². The van der Waals surface area contributed by atoms with Crippen molar-refractivity contribution in [2.24, 2.45) is 0 Å². The van der Waals surface area contributed by atoms with Crippen LogP contribution in [0.4, 0.5) is 16.2 Å². The fourth-order valence-electron chi connectivity index (χ4n) is 2.34. The summed E-state index contributed by atoms with van der Waals surface area (Å²) in [6.45, 7) is 3.43. The standard InChI is InChI=1S/C13H16N4O8S/c1-8(2)15-7-10(25-13(15)18)6-14-26(23,24)12-4-3-9(16(19)20)5-11(12)17(21)22/h3-5,8,10,14H,6-7H2,1-2H3/t10-/m1/s1. The predicted octanol–water partition coefficient (Wildman–Crippen LogP) is 1.01. The Labute approximate surface area is 148 Å². The van der Waals surface area contributed by atoms with E-state index < -0.39 is 48.3 Å². The van der Waals surface area contributed by atoms with Gasteiger partial charge >= 0.3 is 6.09 Å². The number of ether oxygens (including phenoxy) is 1. The Bertz CT molecular complexity index is 854. The Balaban J connectivity index is 2.19. The lowest BCUT2D eigenvalue weighted by Gasteiger charge is -2.16. The summed E-state index contributed by atoms with van der Waals surface area (Å²) in [6, 6.07) is 2.10. The molecule has 1 aromatic rings. The maximum absolute atomic E-state index is 12.4. The largest absolute Gasteiger partial charge is 0.443 e. The van der Waals surface area contributed by atoms with Crippen molar-refractivity contribution in [1.29, 1.82) is 0 Å². The lowest BCUT2D eigenvalue weighted by Crippen LogP contribution is -2.36. The van der Waals surface area contributed by atoms with Crippen LogP contribution in [-0.4, -0.2) is 54.5 Å². The molecule has 26 heavy (non-hydrogen) atoms. The molecule has 2 rings (SSSR count).